The molecule has 0 bridgehead atoms. The van der Waals surface area contributed by atoms with Gasteiger partial charge in [-0.3, -0.25) is 4.79 Å². The lowest BCUT2D eigenvalue weighted by Gasteiger charge is -2.39. The smallest absolute Gasteiger partial charge is 0.263 e. The molecule has 4 rings (SSSR count). The molecule has 1 aliphatic rings. The van der Waals surface area contributed by atoms with Gasteiger partial charge in [0, 0.05) is 43.7 Å². The van der Waals surface area contributed by atoms with E-state index in [0.717, 1.165) is 41.2 Å². The maximum atomic E-state index is 13.2. The Kier molecular flexibility index (Phi) is 7.88. The molecule has 4 nitrogen and oxygen atoms in total. The molecule has 2 heterocycles. The maximum Gasteiger partial charge on any atom is 0.263 e. The second kappa shape index (κ2) is 10.7. The third kappa shape index (κ3) is 5.44. The predicted molar refractivity (Wildman–Crippen MR) is 143 cm³/mol. The highest BCUT2D eigenvalue weighted by Gasteiger charge is 2.34. The van der Waals surface area contributed by atoms with E-state index >= 15 is 0 Å². The number of anilines is 1. The van der Waals surface area contributed by atoms with Crippen LogP contribution in [0.5, 0.6) is 0 Å². The number of hydrogen-bond acceptors (Lipinski definition) is 4. The number of amides is 1. The molecule has 0 radical (unpaired) electrons. The van der Waals surface area contributed by atoms with E-state index in [1.165, 1.54) is 11.3 Å². The van der Waals surface area contributed by atoms with Gasteiger partial charge in [0.2, 0.25) is 0 Å². The van der Waals surface area contributed by atoms with Crippen molar-refractivity contribution in [2.24, 2.45) is 0 Å². The Labute approximate surface area is 215 Å². The van der Waals surface area contributed by atoms with Gasteiger partial charge in [0.25, 0.3) is 5.91 Å². The minimum atomic E-state index is -0.785. The summed E-state index contributed by atoms with van der Waals surface area (Å²) in [7, 11) is 1.85. The lowest BCUT2D eigenvalue weighted by Crippen LogP contribution is -2.42. The van der Waals surface area contributed by atoms with Crippen LogP contribution in [0.2, 0.25) is 10.0 Å². The van der Waals surface area contributed by atoms with Crippen molar-refractivity contribution in [1.29, 1.82) is 0 Å². The van der Waals surface area contributed by atoms with Gasteiger partial charge in [-0.2, -0.15) is 0 Å². The van der Waals surface area contributed by atoms with Crippen LogP contribution in [0.1, 0.15) is 52.9 Å². The summed E-state index contributed by atoms with van der Waals surface area (Å²) in [6, 6.07) is 17.6. The SMILES string of the molecule is CCC(CN(C)C(=O)c1cc(N2CCC(O)(c3ccccc3)CC2)cs1)c1ccc(Cl)c(Cl)c1. The molecule has 1 atom stereocenters. The summed E-state index contributed by atoms with van der Waals surface area (Å²) in [6.07, 6.45) is 2.22. The molecule has 1 aromatic heterocycles. The van der Waals surface area contributed by atoms with Crippen LogP contribution in [0.15, 0.2) is 60.0 Å². The first-order valence-corrected chi connectivity index (χ1v) is 13.3. The fourth-order valence-electron chi connectivity index (χ4n) is 4.61. The number of carbonyl (C=O) groups excluding carboxylic acids is 1. The first kappa shape index (κ1) is 25.1. The minimum Gasteiger partial charge on any atom is -0.385 e. The fraction of sp³-hybridized carbons (Fsp3) is 0.370. The Morgan fingerprint density at radius 3 is 2.47 bits per heavy atom. The van der Waals surface area contributed by atoms with E-state index in [1.54, 1.807) is 4.90 Å². The van der Waals surface area contributed by atoms with Crippen molar-refractivity contribution < 1.29 is 9.90 Å². The van der Waals surface area contributed by atoms with Crippen molar-refractivity contribution in [2.45, 2.75) is 37.7 Å². The van der Waals surface area contributed by atoms with Gasteiger partial charge >= 0.3 is 0 Å². The molecule has 0 saturated carbocycles. The highest BCUT2D eigenvalue weighted by atomic mass is 35.5. The molecule has 2 aromatic carbocycles. The third-order valence-corrected chi connectivity index (χ3v) is 8.46. The van der Waals surface area contributed by atoms with Gasteiger partial charge < -0.3 is 14.9 Å². The average Bonchev–Trinajstić information content (AvgIpc) is 3.35. The summed E-state index contributed by atoms with van der Waals surface area (Å²) >= 11 is 13.7. The van der Waals surface area contributed by atoms with Crippen LogP contribution in [0, 0.1) is 0 Å². The van der Waals surface area contributed by atoms with Crippen LogP contribution in [0.3, 0.4) is 0 Å². The van der Waals surface area contributed by atoms with Crippen LogP contribution in [-0.2, 0) is 5.60 Å². The van der Waals surface area contributed by atoms with E-state index in [0.29, 0.717) is 29.4 Å². The molecule has 0 spiro atoms. The summed E-state index contributed by atoms with van der Waals surface area (Å²) in [5.41, 5.74) is 2.33. The van der Waals surface area contributed by atoms with Crippen molar-refractivity contribution in [3.63, 3.8) is 0 Å². The van der Waals surface area contributed by atoms with E-state index in [9.17, 15) is 9.90 Å². The quantitative estimate of drug-likeness (QED) is 0.375. The summed E-state index contributed by atoms with van der Waals surface area (Å²) in [5, 5.41) is 14.2. The lowest BCUT2D eigenvalue weighted by atomic mass is 9.84. The van der Waals surface area contributed by atoms with Crippen molar-refractivity contribution in [2.75, 3.05) is 31.6 Å². The Hall–Kier alpha value is -2.05. The van der Waals surface area contributed by atoms with Crippen LogP contribution in [-0.4, -0.2) is 42.6 Å². The zero-order valence-corrected chi connectivity index (χ0v) is 21.8. The topological polar surface area (TPSA) is 43.8 Å². The van der Waals surface area contributed by atoms with Crippen molar-refractivity contribution >= 4 is 46.1 Å². The molecule has 1 fully saturated rings. The molecule has 34 heavy (non-hydrogen) atoms. The maximum absolute atomic E-state index is 13.2. The van der Waals surface area contributed by atoms with Crippen molar-refractivity contribution in [3.05, 3.63) is 86.0 Å². The number of halogens is 2. The largest absolute Gasteiger partial charge is 0.385 e. The van der Waals surface area contributed by atoms with Gasteiger partial charge in [0.1, 0.15) is 0 Å². The molecule has 1 unspecified atom stereocenters. The number of rotatable bonds is 7. The number of likely N-dealkylation sites (N-methyl/N-ethyl adjacent to an activating group) is 1. The molecule has 0 aliphatic carbocycles. The molecule has 1 saturated heterocycles. The third-order valence-electron chi connectivity index (χ3n) is 6.81. The van der Waals surface area contributed by atoms with Gasteiger partial charge in [0.15, 0.2) is 0 Å². The number of aliphatic hydroxyl groups is 1. The Morgan fingerprint density at radius 1 is 1.12 bits per heavy atom. The number of piperidine rings is 1. The van der Waals surface area contributed by atoms with E-state index in [2.05, 4.69) is 11.8 Å². The molecule has 7 heteroatoms. The number of hydrogen-bond donors (Lipinski definition) is 1. The van der Waals surface area contributed by atoms with Gasteiger partial charge in [-0.15, -0.1) is 11.3 Å². The van der Waals surface area contributed by atoms with E-state index in [-0.39, 0.29) is 11.8 Å². The zero-order valence-electron chi connectivity index (χ0n) is 19.5. The number of carbonyl (C=O) groups is 1. The highest BCUT2D eigenvalue weighted by Crippen LogP contribution is 2.36. The van der Waals surface area contributed by atoms with E-state index in [4.69, 9.17) is 23.2 Å². The average molecular weight is 518 g/mol. The first-order chi connectivity index (χ1) is 16.3. The Bertz CT molecular complexity index is 1130. The summed E-state index contributed by atoms with van der Waals surface area (Å²) in [4.78, 5) is 17.9. The fourth-order valence-corrected chi connectivity index (χ4v) is 5.83. The highest BCUT2D eigenvalue weighted by molar-refractivity contribution is 7.12. The summed E-state index contributed by atoms with van der Waals surface area (Å²) < 4.78 is 0. The molecule has 1 aliphatic heterocycles. The molecular weight excluding hydrogens is 487 g/mol. The van der Waals surface area contributed by atoms with Crippen LogP contribution >= 0.6 is 34.5 Å². The second-order valence-electron chi connectivity index (χ2n) is 9.02. The van der Waals surface area contributed by atoms with E-state index in [1.807, 2.05) is 67.0 Å². The van der Waals surface area contributed by atoms with Gasteiger partial charge in [0.05, 0.1) is 20.5 Å². The van der Waals surface area contributed by atoms with Gasteiger partial charge in [-0.25, -0.2) is 0 Å². The first-order valence-electron chi connectivity index (χ1n) is 11.6. The predicted octanol–water partition coefficient (Wildman–Crippen LogP) is 6.81. The van der Waals surface area contributed by atoms with Crippen molar-refractivity contribution in [1.82, 2.24) is 4.90 Å². The Balaban J connectivity index is 1.38. The van der Waals surface area contributed by atoms with Gasteiger partial charge in [-0.1, -0.05) is 66.5 Å². The van der Waals surface area contributed by atoms with E-state index < -0.39 is 5.60 Å². The van der Waals surface area contributed by atoms with Crippen LogP contribution < -0.4 is 4.90 Å². The molecular formula is C27H30Cl2N2O2S. The standard InChI is InChI=1S/C27H30Cl2N2O2S/c1-3-19(20-9-10-23(28)24(29)15-20)17-30(2)26(32)25-16-22(18-34-25)31-13-11-27(33,12-14-31)21-7-5-4-6-8-21/h4-10,15-16,18-19,33H,3,11-14,17H2,1-2H3. The molecule has 1 amide bonds. The normalized spacial score (nSPS) is 16.3. The second-order valence-corrected chi connectivity index (χ2v) is 10.7. The number of benzene rings is 2. The molecule has 1 N–H and O–H groups in total. The number of thiophene rings is 1. The van der Waals surface area contributed by atoms with Gasteiger partial charge in [-0.05, 0) is 48.6 Å². The van der Waals surface area contributed by atoms with Crippen LogP contribution in [0.4, 0.5) is 5.69 Å². The minimum absolute atomic E-state index is 0.0209. The van der Waals surface area contributed by atoms with Crippen LogP contribution in [0.25, 0.3) is 0 Å². The Morgan fingerprint density at radius 2 is 1.82 bits per heavy atom. The summed E-state index contributed by atoms with van der Waals surface area (Å²) in [6.45, 7) is 4.22. The molecule has 180 valence electrons. The number of nitrogens with zero attached hydrogens (tertiary/aromatic N) is 2. The molecule has 3 aromatic rings. The van der Waals surface area contributed by atoms with Crippen molar-refractivity contribution in [3.8, 4) is 0 Å². The lowest BCUT2D eigenvalue weighted by molar-refractivity contribution is 0.0118. The monoisotopic (exact) mass is 516 g/mol. The summed E-state index contributed by atoms with van der Waals surface area (Å²) in [5.74, 6) is 0.202. The zero-order chi connectivity index (χ0) is 24.3.